The predicted molar refractivity (Wildman–Crippen MR) is 62.0 cm³/mol. The van der Waals surface area contributed by atoms with Crippen molar-refractivity contribution in [3.05, 3.63) is 54.1 Å². The summed E-state index contributed by atoms with van der Waals surface area (Å²) >= 11 is 0. The van der Waals surface area contributed by atoms with Crippen LogP contribution in [0.1, 0.15) is 5.56 Å². The minimum atomic E-state index is 0.590. The van der Waals surface area contributed by atoms with E-state index >= 15 is 0 Å². The van der Waals surface area contributed by atoms with Crippen LogP contribution in [0, 0.1) is 0 Å². The standard InChI is InChI=1S/C13H13N/c14-9-3-4-11-7-8-12-5-1-2-6-13(12)10-11/h1-8,10H,9,14H2/b4-3+. The lowest BCUT2D eigenvalue weighted by molar-refractivity contribution is 1.26. The summed E-state index contributed by atoms with van der Waals surface area (Å²) in [6.45, 7) is 0.590. The molecule has 0 aliphatic rings. The molecule has 2 N–H and O–H groups in total. The monoisotopic (exact) mass is 183 g/mol. The van der Waals surface area contributed by atoms with Gasteiger partial charge in [0.15, 0.2) is 0 Å². The molecule has 1 heteroatoms. The minimum absolute atomic E-state index is 0.590. The van der Waals surface area contributed by atoms with Gasteiger partial charge in [-0.05, 0) is 22.4 Å². The van der Waals surface area contributed by atoms with Gasteiger partial charge in [-0.1, -0.05) is 48.6 Å². The lowest BCUT2D eigenvalue weighted by Gasteiger charge is -1.98. The van der Waals surface area contributed by atoms with Crippen LogP contribution in [-0.4, -0.2) is 6.54 Å². The summed E-state index contributed by atoms with van der Waals surface area (Å²) in [5.74, 6) is 0. The fourth-order valence-electron chi connectivity index (χ4n) is 1.52. The molecule has 0 saturated heterocycles. The molecule has 0 aliphatic heterocycles. The number of hydrogen-bond acceptors (Lipinski definition) is 1. The van der Waals surface area contributed by atoms with Gasteiger partial charge in [0.1, 0.15) is 0 Å². The fraction of sp³-hybridized carbons (Fsp3) is 0.0769. The molecule has 0 atom stereocenters. The first kappa shape index (κ1) is 8.97. The van der Waals surface area contributed by atoms with Crippen LogP contribution in [0.2, 0.25) is 0 Å². The lowest BCUT2D eigenvalue weighted by Crippen LogP contribution is -1.91. The van der Waals surface area contributed by atoms with Gasteiger partial charge in [0.05, 0.1) is 0 Å². The Morgan fingerprint density at radius 1 is 1.00 bits per heavy atom. The lowest BCUT2D eigenvalue weighted by atomic mass is 10.1. The van der Waals surface area contributed by atoms with Crippen LogP contribution in [-0.2, 0) is 0 Å². The van der Waals surface area contributed by atoms with Crippen LogP contribution in [0.3, 0.4) is 0 Å². The van der Waals surface area contributed by atoms with Gasteiger partial charge >= 0.3 is 0 Å². The first-order chi connectivity index (χ1) is 6.90. The highest BCUT2D eigenvalue weighted by Gasteiger charge is 1.91. The quantitative estimate of drug-likeness (QED) is 0.761. The molecule has 0 amide bonds. The third kappa shape index (κ3) is 1.83. The Balaban J connectivity index is 2.46. The zero-order valence-corrected chi connectivity index (χ0v) is 7.98. The van der Waals surface area contributed by atoms with E-state index in [-0.39, 0.29) is 0 Å². The molecule has 0 fully saturated rings. The van der Waals surface area contributed by atoms with Gasteiger partial charge in [-0.25, -0.2) is 0 Å². The van der Waals surface area contributed by atoms with E-state index in [2.05, 4.69) is 42.5 Å². The molecular formula is C13H13N. The van der Waals surface area contributed by atoms with Gasteiger partial charge in [0.2, 0.25) is 0 Å². The average molecular weight is 183 g/mol. The minimum Gasteiger partial charge on any atom is -0.327 e. The Hall–Kier alpha value is -1.60. The molecule has 70 valence electrons. The summed E-state index contributed by atoms with van der Waals surface area (Å²) in [4.78, 5) is 0. The molecular weight excluding hydrogens is 170 g/mol. The number of nitrogens with two attached hydrogens (primary N) is 1. The van der Waals surface area contributed by atoms with Crippen molar-refractivity contribution in [1.29, 1.82) is 0 Å². The summed E-state index contributed by atoms with van der Waals surface area (Å²) in [7, 11) is 0. The molecule has 2 aromatic rings. The third-order valence-corrected chi connectivity index (χ3v) is 2.22. The molecule has 0 aliphatic carbocycles. The normalized spacial score (nSPS) is 11.2. The Labute approximate surface area is 83.9 Å². The van der Waals surface area contributed by atoms with Gasteiger partial charge in [-0.2, -0.15) is 0 Å². The summed E-state index contributed by atoms with van der Waals surface area (Å²) in [5.41, 5.74) is 6.61. The van der Waals surface area contributed by atoms with Crippen molar-refractivity contribution < 1.29 is 0 Å². The van der Waals surface area contributed by atoms with E-state index in [1.807, 2.05) is 12.2 Å². The second-order valence-electron chi connectivity index (χ2n) is 3.24. The molecule has 0 aromatic heterocycles. The van der Waals surface area contributed by atoms with Crippen molar-refractivity contribution in [2.75, 3.05) is 6.54 Å². The van der Waals surface area contributed by atoms with Crippen molar-refractivity contribution in [1.82, 2.24) is 0 Å². The third-order valence-electron chi connectivity index (χ3n) is 2.22. The van der Waals surface area contributed by atoms with E-state index in [4.69, 9.17) is 5.73 Å². The molecule has 0 unspecified atom stereocenters. The highest BCUT2D eigenvalue weighted by atomic mass is 14.5. The van der Waals surface area contributed by atoms with Crippen molar-refractivity contribution in [3.8, 4) is 0 Å². The molecule has 14 heavy (non-hydrogen) atoms. The SMILES string of the molecule is NC/C=C/c1ccc2ccccc2c1. The van der Waals surface area contributed by atoms with E-state index in [1.54, 1.807) is 0 Å². The molecule has 0 radical (unpaired) electrons. The van der Waals surface area contributed by atoms with Gasteiger partial charge in [0.25, 0.3) is 0 Å². The zero-order chi connectivity index (χ0) is 9.80. The predicted octanol–water partition coefficient (Wildman–Crippen LogP) is 2.81. The van der Waals surface area contributed by atoms with E-state index < -0.39 is 0 Å². The van der Waals surface area contributed by atoms with Crippen LogP contribution < -0.4 is 5.73 Å². The highest BCUT2D eigenvalue weighted by molar-refractivity contribution is 5.84. The van der Waals surface area contributed by atoms with Crippen molar-refractivity contribution in [2.45, 2.75) is 0 Å². The van der Waals surface area contributed by atoms with Crippen LogP contribution >= 0.6 is 0 Å². The summed E-state index contributed by atoms with van der Waals surface area (Å²) in [5, 5.41) is 2.55. The van der Waals surface area contributed by atoms with Crippen molar-refractivity contribution in [2.24, 2.45) is 5.73 Å². The van der Waals surface area contributed by atoms with Gasteiger partial charge in [0, 0.05) is 6.54 Å². The van der Waals surface area contributed by atoms with Crippen LogP contribution in [0.4, 0.5) is 0 Å². The maximum absolute atomic E-state index is 5.40. The van der Waals surface area contributed by atoms with Gasteiger partial charge < -0.3 is 5.73 Å². The molecule has 2 aromatic carbocycles. The average Bonchev–Trinajstić information content (AvgIpc) is 2.26. The van der Waals surface area contributed by atoms with E-state index in [0.717, 1.165) is 0 Å². The number of fused-ring (bicyclic) bond motifs is 1. The Morgan fingerprint density at radius 2 is 1.79 bits per heavy atom. The second kappa shape index (κ2) is 4.07. The molecule has 0 bridgehead atoms. The van der Waals surface area contributed by atoms with E-state index in [1.165, 1.54) is 16.3 Å². The van der Waals surface area contributed by atoms with Crippen LogP contribution in [0.5, 0.6) is 0 Å². The van der Waals surface area contributed by atoms with E-state index in [9.17, 15) is 0 Å². The van der Waals surface area contributed by atoms with Crippen LogP contribution in [0.15, 0.2) is 48.5 Å². The van der Waals surface area contributed by atoms with Crippen LogP contribution in [0.25, 0.3) is 16.8 Å². The van der Waals surface area contributed by atoms with Crippen molar-refractivity contribution in [3.63, 3.8) is 0 Å². The topological polar surface area (TPSA) is 26.0 Å². The second-order valence-corrected chi connectivity index (χ2v) is 3.24. The summed E-state index contributed by atoms with van der Waals surface area (Å²) < 4.78 is 0. The molecule has 1 nitrogen and oxygen atoms in total. The smallest absolute Gasteiger partial charge is 0.0110 e. The first-order valence-corrected chi connectivity index (χ1v) is 4.75. The molecule has 0 heterocycles. The van der Waals surface area contributed by atoms with Gasteiger partial charge in [-0.15, -0.1) is 0 Å². The van der Waals surface area contributed by atoms with E-state index in [0.29, 0.717) is 6.54 Å². The Morgan fingerprint density at radius 3 is 2.57 bits per heavy atom. The summed E-state index contributed by atoms with van der Waals surface area (Å²) in [6, 6.07) is 14.7. The molecule has 0 spiro atoms. The fourth-order valence-corrected chi connectivity index (χ4v) is 1.52. The van der Waals surface area contributed by atoms with Crippen molar-refractivity contribution >= 4 is 16.8 Å². The number of benzene rings is 2. The Bertz CT molecular complexity index is 457. The largest absolute Gasteiger partial charge is 0.327 e. The van der Waals surface area contributed by atoms with Gasteiger partial charge in [-0.3, -0.25) is 0 Å². The number of rotatable bonds is 2. The number of hydrogen-bond donors (Lipinski definition) is 1. The molecule has 0 saturated carbocycles. The maximum atomic E-state index is 5.40. The first-order valence-electron chi connectivity index (χ1n) is 4.75. The Kier molecular flexibility index (Phi) is 2.61. The highest BCUT2D eigenvalue weighted by Crippen LogP contribution is 2.16. The summed E-state index contributed by atoms with van der Waals surface area (Å²) in [6.07, 6.45) is 4.01. The maximum Gasteiger partial charge on any atom is 0.0110 e. The zero-order valence-electron chi connectivity index (χ0n) is 7.98. The molecule has 2 rings (SSSR count).